The van der Waals surface area contributed by atoms with Crippen LogP contribution in [0, 0.1) is 5.41 Å². The topological polar surface area (TPSA) is 98.1 Å². The molecule has 0 unspecified atom stereocenters. The standard InChI is InChI=1S/C20H21N3O3/c1-14(2)26-19-5-3-16(4-6-19)20(25)23-18(13-24)11-17(12-21)15-7-9-22-10-8-15/h3-14,21,24H,1-2H3,(H,23,25)/p-1. The van der Waals surface area contributed by atoms with Gasteiger partial charge in [0.15, 0.2) is 0 Å². The molecule has 134 valence electrons. The summed E-state index contributed by atoms with van der Waals surface area (Å²) in [6.45, 7) is 3.84. The van der Waals surface area contributed by atoms with Crippen LogP contribution in [0.3, 0.4) is 0 Å². The van der Waals surface area contributed by atoms with Crippen LogP contribution in [0.2, 0.25) is 0 Å². The molecule has 2 rings (SSSR count). The summed E-state index contributed by atoms with van der Waals surface area (Å²) in [6.07, 6.45) is 6.33. The average Bonchev–Trinajstić information content (AvgIpc) is 2.65. The zero-order valence-electron chi connectivity index (χ0n) is 14.6. The molecular formula is C20H20N3O3-. The molecule has 0 fully saturated rings. The number of nitrogens with zero attached hydrogens (tertiary/aromatic N) is 1. The van der Waals surface area contributed by atoms with E-state index in [9.17, 15) is 9.90 Å². The summed E-state index contributed by atoms with van der Waals surface area (Å²) in [5.41, 5.74) is 1.66. The molecule has 0 bridgehead atoms. The van der Waals surface area contributed by atoms with Crippen molar-refractivity contribution in [2.75, 3.05) is 0 Å². The Kier molecular flexibility index (Phi) is 6.68. The summed E-state index contributed by atoms with van der Waals surface area (Å²) in [5.74, 6) is 0.248. The molecule has 0 saturated heterocycles. The predicted octanol–water partition coefficient (Wildman–Crippen LogP) is 2.53. The zero-order valence-corrected chi connectivity index (χ0v) is 14.6. The Bertz CT molecular complexity index is 810. The van der Waals surface area contributed by atoms with Gasteiger partial charge < -0.3 is 20.6 Å². The van der Waals surface area contributed by atoms with Crippen LogP contribution in [0.4, 0.5) is 0 Å². The van der Waals surface area contributed by atoms with Crippen molar-refractivity contribution in [1.29, 1.82) is 5.41 Å². The van der Waals surface area contributed by atoms with Crippen molar-refractivity contribution in [2.24, 2.45) is 0 Å². The Morgan fingerprint density at radius 3 is 2.35 bits per heavy atom. The second kappa shape index (κ2) is 9.17. The highest BCUT2D eigenvalue weighted by Gasteiger charge is 2.08. The number of nitrogens with one attached hydrogen (secondary N) is 2. The molecule has 6 nitrogen and oxygen atoms in total. The molecule has 0 saturated carbocycles. The lowest BCUT2D eigenvalue weighted by atomic mass is 10.1. The van der Waals surface area contributed by atoms with E-state index in [2.05, 4.69) is 10.3 Å². The van der Waals surface area contributed by atoms with Gasteiger partial charge in [-0.05, 0) is 61.9 Å². The fourth-order valence-electron chi connectivity index (χ4n) is 2.18. The van der Waals surface area contributed by atoms with Crippen LogP contribution >= 0.6 is 0 Å². The van der Waals surface area contributed by atoms with Crippen LogP contribution in [0.25, 0.3) is 5.57 Å². The van der Waals surface area contributed by atoms with Gasteiger partial charge in [0.05, 0.1) is 6.10 Å². The molecule has 0 spiro atoms. The van der Waals surface area contributed by atoms with E-state index >= 15 is 0 Å². The zero-order chi connectivity index (χ0) is 18.9. The quantitative estimate of drug-likeness (QED) is 0.455. The Morgan fingerprint density at radius 1 is 1.15 bits per heavy atom. The van der Waals surface area contributed by atoms with Crippen LogP contribution in [0.5, 0.6) is 5.75 Å². The second-order valence-electron chi connectivity index (χ2n) is 5.70. The molecule has 0 radical (unpaired) electrons. The Hall–Kier alpha value is -3.41. The van der Waals surface area contributed by atoms with Crippen LogP contribution in [-0.2, 0) is 0 Å². The van der Waals surface area contributed by atoms with Gasteiger partial charge >= 0.3 is 0 Å². The maximum absolute atomic E-state index is 12.3. The van der Waals surface area contributed by atoms with E-state index in [1.54, 1.807) is 48.8 Å². The van der Waals surface area contributed by atoms with Crippen LogP contribution in [-0.4, -0.2) is 23.2 Å². The molecule has 26 heavy (non-hydrogen) atoms. The van der Waals surface area contributed by atoms with Crippen molar-refractivity contribution in [3.8, 4) is 5.75 Å². The smallest absolute Gasteiger partial charge is 0.255 e. The number of rotatable bonds is 7. The van der Waals surface area contributed by atoms with Gasteiger partial charge in [0.2, 0.25) is 0 Å². The third kappa shape index (κ3) is 5.31. The Morgan fingerprint density at radius 2 is 1.81 bits per heavy atom. The van der Waals surface area contributed by atoms with E-state index in [4.69, 9.17) is 10.1 Å². The molecule has 0 atom stereocenters. The summed E-state index contributed by atoms with van der Waals surface area (Å²) in [6, 6.07) is 10.1. The van der Waals surface area contributed by atoms with E-state index in [0.717, 1.165) is 11.8 Å². The number of carbonyl (C=O) groups excluding carboxylic acids is 1. The number of hydrogen-bond acceptors (Lipinski definition) is 5. The summed E-state index contributed by atoms with van der Waals surface area (Å²) >= 11 is 0. The van der Waals surface area contributed by atoms with E-state index in [0.29, 0.717) is 23.1 Å². The molecule has 1 aromatic carbocycles. The number of ether oxygens (including phenoxy) is 1. The first kappa shape index (κ1) is 18.9. The largest absolute Gasteiger partial charge is 0.876 e. The van der Waals surface area contributed by atoms with Crippen LogP contribution < -0.4 is 15.2 Å². The molecular weight excluding hydrogens is 330 g/mol. The van der Waals surface area contributed by atoms with E-state index in [-0.39, 0.29) is 11.8 Å². The molecule has 2 N–H and O–H groups in total. The maximum atomic E-state index is 12.3. The second-order valence-corrected chi connectivity index (χ2v) is 5.70. The van der Waals surface area contributed by atoms with Crippen molar-refractivity contribution in [1.82, 2.24) is 10.3 Å². The van der Waals surface area contributed by atoms with Gasteiger partial charge in [-0.15, -0.1) is 6.26 Å². The van der Waals surface area contributed by atoms with Gasteiger partial charge in [0, 0.05) is 35.4 Å². The highest BCUT2D eigenvalue weighted by molar-refractivity contribution is 6.09. The number of pyridine rings is 1. The fraction of sp³-hybridized carbons (Fsp3) is 0.150. The maximum Gasteiger partial charge on any atom is 0.255 e. The lowest BCUT2D eigenvalue weighted by Crippen LogP contribution is -2.23. The van der Waals surface area contributed by atoms with Gasteiger partial charge in [0.1, 0.15) is 5.75 Å². The fourth-order valence-corrected chi connectivity index (χ4v) is 2.18. The minimum Gasteiger partial charge on any atom is -0.876 e. The molecule has 1 amide bonds. The monoisotopic (exact) mass is 350 g/mol. The number of allylic oxidation sites excluding steroid dienone is 2. The average molecular weight is 350 g/mol. The summed E-state index contributed by atoms with van der Waals surface area (Å²) in [5, 5.41) is 21.4. The van der Waals surface area contributed by atoms with Gasteiger partial charge in [-0.1, -0.05) is 0 Å². The minimum atomic E-state index is -0.418. The van der Waals surface area contributed by atoms with Gasteiger partial charge in [0.25, 0.3) is 5.91 Å². The molecule has 2 aromatic rings. The molecule has 1 aromatic heterocycles. The molecule has 0 aliphatic carbocycles. The van der Waals surface area contributed by atoms with Gasteiger partial charge in [-0.2, -0.15) is 0 Å². The van der Waals surface area contributed by atoms with Gasteiger partial charge in [-0.3, -0.25) is 9.78 Å². The van der Waals surface area contributed by atoms with E-state index in [1.165, 1.54) is 6.08 Å². The highest BCUT2D eigenvalue weighted by Crippen LogP contribution is 2.15. The summed E-state index contributed by atoms with van der Waals surface area (Å²) in [4.78, 5) is 16.2. The first-order chi connectivity index (χ1) is 12.5. The lowest BCUT2D eigenvalue weighted by Gasteiger charge is -2.12. The third-order valence-electron chi connectivity index (χ3n) is 3.35. The number of aromatic nitrogens is 1. The normalized spacial score (nSPS) is 12.0. The van der Waals surface area contributed by atoms with Crippen LogP contribution in [0.15, 0.2) is 66.8 Å². The summed E-state index contributed by atoms with van der Waals surface area (Å²) in [7, 11) is 0. The predicted molar refractivity (Wildman–Crippen MR) is 98.8 cm³/mol. The van der Waals surface area contributed by atoms with Gasteiger partial charge in [-0.25, -0.2) is 0 Å². The molecule has 1 heterocycles. The third-order valence-corrected chi connectivity index (χ3v) is 3.35. The number of carbonyl (C=O) groups is 1. The lowest BCUT2D eigenvalue weighted by molar-refractivity contribution is -0.276. The molecule has 0 aliphatic heterocycles. The first-order valence-corrected chi connectivity index (χ1v) is 8.06. The minimum absolute atomic E-state index is 0.0440. The van der Waals surface area contributed by atoms with Crippen molar-refractivity contribution in [2.45, 2.75) is 20.0 Å². The number of amides is 1. The van der Waals surface area contributed by atoms with Crippen molar-refractivity contribution >= 4 is 17.7 Å². The molecule has 0 aliphatic rings. The number of benzene rings is 1. The Labute approximate surface area is 152 Å². The summed E-state index contributed by atoms with van der Waals surface area (Å²) < 4.78 is 5.53. The van der Waals surface area contributed by atoms with Crippen LogP contribution in [0.1, 0.15) is 29.8 Å². The van der Waals surface area contributed by atoms with Crippen molar-refractivity contribution in [3.05, 3.63) is 78.0 Å². The van der Waals surface area contributed by atoms with Crippen molar-refractivity contribution in [3.63, 3.8) is 0 Å². The van der Waals surface area contributed by atoms with E-state index in [1.807, 2.05) is 13.8 Å². The number of hydrogen-bond donors (Lipinski definition) is 2. The first-order valence-electron chi connectivity index (χ1n) is 8.06. The molecule has 6 heteroatoms. The van der Waals surface area contributed by atoms with E-state index < -0.39 is 5.91 Å². The van der Waals surface area contributed by atoms with Crippen molar-refractivity contribution < 1.29 is 14.6 Å². The highest BCUT2D eigenvalue weighted by atomic mass is 16.5. The SMILES string of the molecule is CC(C)Oc1ccc(C(=O)NC(=C[O-])C=C(C=N)c2ccncc2)cc1. The Balaban J connectivity index is 2.13.